The molecule has 3 saturated heterocycles. The van der Waals surface area contributed by atoms with Crippen LogP contribution in [0.15, 0.2) is 36.5 Å². The fourth-order valence-corrected chi connectivity index (χ4v) is 4.86. The van der Waals surface area contributed by atoms with Gasteiger partial charge in [0, 0.05) is 25.6 Å². The number of quaternary nitrogens is 1. The van der Waals surface area contributed by atoms with Crippen LogP contribution < -0.4 is 10.2 Å². The zero-order valence-corrected chi connectivity index (χ0v) is 16.8. The Hall–Kier alpha value is -2.21. The first kappa shape index (κ1) is 19.1. The minimum atomic E-state index is 0.152. The molecule has 2 bridgehead atoms. The standard InChI is InChI=1S/C22H31N5O/c1-2-3-9-19-14-27(25-24-19)15-20-12-18-10-11-26(20)16-21(18)22(28)23-13-17-7-5-4-6-8-17/h4-8,14,18,20-21H,2-3,9-13,15-16H2,1H3,(H,23,28)/p+1/t18-,20+,21-/m0/s1. The maximum absolute atomic E-state index is 12.8. The quantitative estimate of drug-likeness (QED) is 0.722. The van der Waals surface area contributed by atoms with Gasteiger partial charge in [-0.1, -0.05) is 48.9 Å². The summed E-state index contributed by atoms with van der Waals surface area (Å²) in [7, 11) is 0. The molecule has 28 heavy (non-hydrogen) atoms. The number of carbonyl (C=O) groups excluding carboxylic acids is 1. The molecule has 2 aromatic rings. The molecule has 0 spiro atoms. The van der Waals surface area contributed by atoms with Crippen LogP contribution in [0.25, 0.3) is 0 Å². The van der Waals surface area contributed by atoms with Crippen LogP contribution in [0.5, 0.6) is 0 Å². The van der Waals surface area contributed by atoms with E-state index in [1.165, 1.54) is 19.4 Å². The van der Waals surface area contributed by atoms with Crippen molar-refractivity contribution in [3.05, 3.63) is 47.8 Å². The second-order valence-electron chi connectivity index (χ2n) is 8.44. The van der Waals surface area contributed by atoms with Gasteiger partial charge in [-0.05, 0) is 24.3 Å². The van der Waals surface area contributed by atoms with E-state index < -0.39 is 0 Å². The van der Waals surface area contributed by atoms with Crippen LogP contribution in [0.1, 0.15) is 43.9 Å². The third-order valence-electron chi connectivity index (χ3n) is 6.48. The number of carbonyl (C=O) groups is 1. The summed E-state index contributed by atoms with van der Waals surface area (Å²) in [5, 5.41) is 11.8. The molecule has 0 aliphatic carbocycles. The van der Waals surface area contributed by atoms with Crippen LogP contribution in [0.2, 0.25) is 0 Å². The lowest BCUT2D eigenvalue weighted by Crippen LogP contribution is -3.20. The molecule has 3 fully saturated rings. The lowest BCUT2D eigenvalue weighted by molar-refractivity contribution is -0.945. The summed E-state index contributed by atoms with van der Waals surface area (Å²) < 4.78 is 2.02. The van der Waals surface area contributed by atoms with Gasteiger partial charge in [0.2, 0.25) is 5.91 Å². The van der Waals surface area contributed by atoms with Gasteiger partial charge >= 0.3 is 0 Å². The Morgan fingerprint density at radius 2 is 2.18 bits per heavy atom. The average Bonchev–Trinajstić information content (AvgIpc) is 3.19. The lowest BCUT2D eigenvalue weighted by Gasteiger charge is -2.46. The lowest BCUT2D eigenvalue weighted by atomic mass is 9.75. The Labute approximate surface area is 167 Å². The molecule has 4 atom stereocenters. The van der Waals surface area contributed by atoms with Crippen LogP contribution in [-0.4, -0.2) is 40.0 Å². The summed E-state index contributed by atoms with van der Waals surface area (Å²) in [5.41, 5.74) is 2.26. The number of rotatable bonds is 8. The van der Waals surface area contributed by atoms with Crippen molar-refractivity contribution in [3.8, 4) is 0 Å². The third-order valence-corrected chi connectivity index (χ3v) is 6.48. The van der Waals surface area contributed by atoms with Crippen molar-refractivity contribution in [3.63, 3.8) is 0 Å². The van der Waals surface area contributed by atoms with Crippen molar-refractivity contribution < 1.29 is 9.69 Å². The summed E-state index contributed by atoms with van der Waals surface area (Å²) in [6, 6.07) is 10.7. The molecule has 1 aromatic heterocycles. The molecule has 0 radical (unpaired) electrons. The van der Waals surface area contributed by atoms with Crippen LogP contribution in [-0.2, 0) is 24.3 Å². The highest BCUT2D eigenvalue weighted by molar-refractivity contribution is 5.79. The Balaban J connectivity index is 1.30. The van der Waals surface area contributed by atoms with Gasteiger partial charge in [0.05, 0.1) is 31.2 Å². The van der Waals surface area contributed by atoms with Gasteiger partial charge in [0.15, 0.2) is 0 Å². The number of nitrogens with one attached hydrogen (secondary N) is 2. The molecule has 3 aliphatic rings. The summed E-state index contributed by atoms with van der Waals surface area (Å²) in [6.07, 6.45) is 7.76. The van der Waals surface area contributed by atoms with E-state index in [0.29, 0.717) is 18.5 Å². The largest absolute Gasteiger partial charge is 0.352 e. The highest BCUT2D eigenvalue weighted by Crippen LogP contribution is 2.27. The highest BCUT2D eigenvalue weighted by Gasteiger charge is 2.46. The topological polar surface area (TPSA) is 64.2 Å². The van der Waals surface area contributed by atoms with Crippen LogP contribution in [0.4, 0.5) is 0 Å². The van der Waals surface area contributed by atoms with Crippen molar-refractivity contribution >= 4 is 5.91 Å². The Bertz CT molecular complexity index is 774. The Morgan fingerprint density at radius 1 is 1.32 bits per heavy atom. The monoisotopic (exact) mass is 382 g/mol. The van der Waals surface area contributed by atoms with E-state index in [1.54, 1.807) is 4.90 Å². The van der Waals surface area contributed by atoms with Gasteiger partial charge in [-0.15, -0.1) is 5.10 Å². The Kier molecular flexibility index (Phi) is 6.05. The van der Waals surface area contributed by atoms with Crippen molar-refractivity contribution in [2.45, 2.75) is 58.2 Å². The molecular formula is C22H32N5O+. The number of unbranched alkanes of at least 4 members (excludes halogenated alkanes) is 1. The SMILES string of the molecule is CCCCc1cn(C[C@H]2C[C@@H]3CC[NH+]2C[C@@H]3C(=O)NCc2ccccc2)nn1. The first-order valence-electron chi connectivity index (χ1n) is 10.8. The van der Waals surface area contributed by atoms with E-state index >= 15 is 0 Å². The van der Waals surface area contributed by atoms with Gasteiger partial charge in [0.25, 0.3) is 0 Å². The van der Waals surface area contributed by atoms with Crippen molar-refractivity contribution in [1.82, 2.24) is 20.3 Å². The molecule has 3 aliphatic heterocycles. The van der Waals surface area contributed by atoms with Gasteiger partial charge < -0.3 is 10.2 Å². The number of nitrogens with zero attached hydrogens (tertiary/aromatic N) is 3. The van der Waals surface area contributed by atoms with E-state index in [9.17, 15) is 4.79 Å². The van der Waals surface area contributed by atoms with Gasteiger partial charge in [-0.3, -0.25) is 4.79 Å². The minimum absolute atomic E-state index is 0.152. The van der Waals surface area contributed by atoms with E-state index in [2.05, 4.69) is 40.9 Å². The van der Waals surface area contributed by atoms with E-state index in [0.717, 1.165) is 43.6 Å². The normalized spacial score (nSPS) is 26.3. The number of hydrogen-bond donors (Lipinski definition) is 2. The first-order valence-corrected chi connectivity index (χ1v) is 10.8. The van der Waals surface area contributed by atoms with Crippen molar-refractivity contribution in [2.24, 2.45) is 11.8 Å². The molecule has 1 unspecified atom stereocenters. The molecular weight excluding hydrogens is 350 g/mol. The van der Waals surface area contributed by atoms with Gasteiger partial charge in [-0.25, -0.2) is 4.68 Å². The van der Waals surface area contributed by atoms with Crippen LogP contribution >= 0.6 is 0 Å². The number of amides is 1. The molecule has 6 nitrogen and oxygen atoms in total. The molecule has 1 amide bonds. The number of hydrogen-bond acceptors (Lipinski definition) is 3. The number of fused-ring (bicyclic) bond motifs is 3. The average molecular weight is 383 g/mol. The van der Waals surface area contributed by atoms with Crippen molar-refractivity contribution in [2.75, 3.05) is 13.1 Å². The molecule has 2 N–H and O–H groups in total. The fourth-order valence-electron chi connectivity index (χ4n) is 4.86. The van der Waals surface area contributed by atoms with E-state index in [1.807, 2.05) is 22.9 Å². The number of aromatic nitrogens is 3. The number of aryl methyl sites for hydroxylation is 1. The second kappa shape index (κ2) is 8.86. The minimum Gasteiger partial charge on any atom is -0.352 e. The molecule has 1 aromatic carbocycles. The predicted octanol–water partition coefficient (Wildman–Crippen LogP) is 1.23. The van der Waals surface area contributed by atoms with Gasteiger partial charge in [-0.2, -0.15) is 0 Å². The summed E-state index contributed by atoms with van der Waals surface area (Å²) in [4.78, 5) is 14.3. The maximum atomic E-state index is 12.8. The third kappa shape index (κ3) is 4.43. The number of benzene rings is 1. The maximum Gasteiger partial charge on any atom is 0.229 e. The van der Waals surface area contributed by atoms with Crippen molar-refractivity contribution in [1.29, 1.82) is 0 Å². The molecule has 6 heteroatoms. The van der Waals surface area contributed by atoms with E-state index in [-0.39, 0.29) is 11.8 Å². The molecule has 0 saturated carbocycles. The summed E-state index contributed by atoms with van der Waals surface area (Å²) >= 11 is 0. The smallest absolute Gasteiger partial charge is 0.229 e. The second-order valence-corrected chi connectivity index (χ2v) is 8.44. The zero-order valence-electron chi connectivity index (χ0n) is 16.8. The highest BCUT2D eigenvalue weighted by atomic mass is 16.1. The predicted molar refractivity (Wildman–Crippen MR) is 108 cm³/mol. The molecule has 5 rings (SSSR count). The zero-order chi connectivity index (χ0) is 19.3. The summed E-state index contributed by atoms with van der Waals surface area (Å²) in [5.74, 6) is 0.882. The summed E-state index contributed by atoms with van der Waals surface area (Å²) in [6.45, 7) is 5.87. The Morgan fingerprint density at radius 3 is 2.93 bits per heavy atom. The first-order chi connectivity index (χ1) is 13.7. The molecule has 4 heterocycles. The van der Waals surface area contributed by atoms with Crippen LogP contribution in [0.3, 0.4) is 0 Å². The van der Waals surface area contributed by atoms with Gasteiger partial charge in [0.1, 0.15) is 6.04 Å². The number of piperidine rings is 3. The van der Waals surface area contributed by atoms with Crippen LogP contribution in [0, 0.1) is 11.8 Å². The molecule has 150 valence electrons. The fraction of sp³-hybridized carbons (Fsp3) is 0.591. The van der Waals surface area contributed by atoms with E-state index in [4.69, 9.17) is 0 Å².